The van der Waals surface area contributed by atoms with Crippen molar-refractivity contribution in [2.24, 2.45) is 0 Å². The minimum atomic E-state index is -3.81. The second-order valence-electron chi connectivity index (χ2n) is 5.30. The summed E-state index contributed by atoms with van der Waals surface area (Å²) >= 11 is 1.34. The van der Waals surface area contributed by atoms with Crippen molar-refractivity contribution in [1.82, 2.24) is 14.7 Å². The van der Waals surface area contributed by atoms with E-state index in [-0.39, 0.29) is 10.5 Å². The quantitative estimate of drug-likeness (QED) is 0.781. The molecule has 0 radical (unpaired) electrons. The molecule has 1 heterocycles. The first-order valence-electron chi connectivity index (χ1n) is 7.19. The number of rotatable bonds is 6. The first-order valence-corrected chi connectivity index (χ1v) is 9.45. The van der Waals surface area contributed by atoms with Crippen LogP contribution in [0.2, 0.25) is 0 Å². The smallest absolute Gasteiger partial charge is 0.264 e. The topological polar surface area (TPSA) is 101 Å². The van der Waals surface area contributed by atoms with Crippen LogP contribution >= 0.6 is 11.3 Å². The summed E-state index contributed by atoms with van der Waals surface area (Å²) in [5.74, 6) is 0.0248. The summed E-state index contributed by atoms with van der Waals surface area (Å²) in [5.41, 5.74) is 0.212. The molecule has 8 nitrogen and oxygen atoms in total. The highest BCUT2D eigenvalue weighted by Gasteiger charge is 2.28. The van der Waals surface area contributed by atoms with Crippen LogP contribution in [0.5, 0.6) is 0 Å². The van der Waals surface area contributed by atoms with Crippen LogP contribution in [0.25, 0.3) is 0 Å². The lowest BCUT2D eigenvalue weighted by Crippen LogP contribution is -2.26. The van der Waals surface area contributed by atoms with Crippen LogP contribution in [0.1, 0.15) is 34.1 Å². The Kier molecular flexibility index (Phi) is 4.63. The van der Waals surface area contributed by atoms with Crippen molar-refractivity contribution in [2.75, 3.05) is 19.5 Å². The highest BCUT2D eigenvalue weighted by molar-refractivity contribution is 7.89. The molecule has 1 aromatic heterocycles. The Labute approximate surface area is 143 Å². The van der Waals surface area contributed by atoms with E-state index in [1.807, 2.05) is 0 Å². The van der Waals surface area contributed by atoms with Gasteiger partial charge in [-0.15, -0.1) is 10.2 Å². The molecular formula is C14H16N4O4S2. The van der Waals surface area contributed by atoms with Crippen molar-refractivity contribution in [1.29, 1.82) is 0 Å². The standard InChI is InChI=1S/C14H16N4O4S2/c1-18(22-2)24(20,21)11-5-3-4-10(8-11)12(19)15-14-17-16-13(23-14)9-6-7-9/h3-5,8-9H,6-7H2,1-2H3,(H,15,17,19). The number of hydrogen-bond donors (Lipinski definition) is 1. The van der Waals surface area contributed by atoms with E-state index in [2.05, 4.69) is 15.5 Å². The maximum atomic E-state index is 12.3. The molecule has 0 bridgehead atoms. The van der Waals surface area contributed by atoms with Gasteiger partial charge < -0.3 is 0 Å². The molecule has 1 aliphatic carbocycles. The Hall–Kier alpha value is -1.88. The monoisotopic (exact) mass is 368 g/mol. The molecule has 2 aromatic rings. The third-order valence-electron chi connectivity index (χ3n) is 3.58. The molecule has 1 amide bonds. The molecule has 24 heavy (non-hydrogen) atoms. The average Bonchev–Trinajstić information content (AvgIpc) is 3.34. The fourth-order valence-corrected chi connectivity index (χ4v) is 3.92. The highest BCUT2D eigenvalue weighted by atomic mass is 32.2. The number of hydroxylamine groups is 1. The largest absolute Gasteiger partial charge is 0.296 e. The van der Waals surface area contributed by atoms with Crippen LogP contribution in [0.4, 0.5) is 5.13 Å². The minimum absolute atomic E-state index is 0.0320. The van der Waals surface area contributed by atoms with Gasteiger partial charge in [-0.05, 0) is 31.0 Å². The van der Waals surface area contributed by atoms with Crippen LogP contribution in [0, 0.1) is 0 Å². The number of benzene rings is 1. The molecule has 1 aromatic carbocycles. The number of anilines is 1. The van der Waals surface area contributed by atoms with Crippen LogP contribution < -0.4 is 5.32 Å². The zero-order valence-corrected chi connectivity index (χ0v) is 14.7. The SMILES string of the molecule is CON(C)S(=O)(=O)c1cccc(C(=O)Nc2nnc(C3CC3)s2)c1. The summed E-state index contributed by atoms with van der Waals surface area (Å²) in [4.78, 5) is 17.0. The van der Waals surface area contributed by atoms with Gasteiger partial charge in [0.05, 0.1) is 12.0 Å². The van der Waals surface area contributed by atoms with Crippen molar-refractivity contribution in [3.05, 3.63) is 34.8 Å². The summed E-state index contributed by atoms with van der Waals surface area (Å²) in [7, 11) is -1.28. The molecule has 10 heteroatoms. The van der Waals surface area contributed by atoms with Gasteiger partial charge in [0.1, 0.15) is 5.01 Å². The maximum absolute atomic E-state index is 12.3. The Bertz CT molecular complexity index is 861. The van der Waals surface area contributed by atoms with Crippen molar-refractivity contribution < 1.29 is 18.0 Å². The van der Waals surface area contributed by atoms with Gasteiger partial charge in [-0.2, -0.15) is 0 Å². The molecule has 1 saturated carbocycles. The summed E-state index contributed by atoms with van der Waals surface area (Å²) in [6, 6.07) is 5.73. The highest BCUT2D eigenvalue weighted by Crippen LogP contribution is 2.42. The number of sulfonamides is 1. The van der Waals surface area contributed by atoms with Crippen LogP contribution in [0.15, 0.2) is 29.2 Å². The molecule has 128 valence electrons. The van der Waals surface area contributed by atoms with E-state index in [4.69, 9.17) is 4.84 Å². The van der Waals surface area contributed by atoms with Gasteiger partial charge >= 0.3 is 0 Å². The van der Waals surface area contributed by atoms with Crippen LogP contribution in [-0.2, 0) is 14.9 Å². The number of carbonyl (C=O) groups is 1. The van der Waals surface area contributed by atoms with Gasteiger partial charge in [-0.25, -0.2) is 8.42 Å². The molecule has 0 spiro atoms. The van der Waals surface area contributed by atoms with Gasteiger partial charge in [-0.3, -0.25) is 14.9 Å². The van der Waals surface area contributed by atoms with Crippen molar-refractivity contribution in [3.63, 3.8) is 0 Å². The van der Waals surface area contributed by atoms with E-state index >= 15 is 0 Å². The fourth-order valence-electron chi connectivity index (χ4n) is 1.99. The second-order valence-corrected chi connectivity index (χ2v) is 8.24. The van der Waals surface area contributed by atoms with E-state index in [0.717, 1.165) is 22.3 Å². The number of aromatic nitrogens is 2. The third kappa shape index (κ3) is 3.46. The molecule has 0 saturated heterocycles. The van der Waals surface area contributed by atoms with E-state index < -0.39 is 15.9 Å². The number of carbonyl (C=O) groups excluding carboxylic acids is 1. The van der Waals surface area contributed by atoms with Gasteiger partial charge in [0.15, 0.2) is 0 Å². The third-order valence-corrected chi connectivity index (χ3v) is 6.25. The lowest BCUT2D eigenvalue weighted by Gasteiger charge is -2.14. The van der Waals surface area contributed by atoms with E-state index in [9.17, 15) is 13.2 Å². The van der Waals surface area contributed by atoms with E-state index in [1.165, 1.54) is 49.8 Å². The van der Waals surface area contributed by atoms with Crippen molar-refractivity contribution >= 4 is 32.4 Å². The predicted molar refractivity (Wildman–Crippen MR) is 88.2 cm³/mol. The molecule has 1 fully saturated rings. The second kappa shape index (κ2) is 6.55. The predicted octanol–water partition coefficient (Wildman–Crippen LogP) is 1.85. The van der Waals surface area contributed by atoms with Gasteiger partial charge in [-0.1, -0.05) is 21.9 Å². The van der Waals surface area contributed by atoms with Gasteiger partial charge in [0.2, 0.25) is 5.13 Å². The Morgan fingerprint density at radius 3 is 2.79 bits per heavy atom. The number of nitrogens with one attached hydrogen (secondary N) is 1. The minimum Gasteiger partial charge on any atom is -0.296 e. The van der Waals surface area contributed by atoms with Crippen molar-refractivity contribution in [2.45, 2.75) is 23.7 Å². The lowest BCUT2D eigenvalue weighted by molar-refractivity contribution is -0.0258. The maximum Gasteiger partial charge on any atom is 0.264 e. The van der Waals surface area contributed by atoms with Crippen molar-refractivity contribution in [3.8, 4) is 0 Å². The van der Waals surface area contributed by atoms with E-state index in [1.54, 1.807) is 0 Å². The van der Waals surface area contributed by atoms with Crippen LogP contribution in [-0.4, -0.2) is 43.1 Å². The summed E-state index contributed by atoms with van der Waals surface area (Å²) in [6.07, 6.45) is 2.21. The summed E-state index contributed by atoms with van der Waals surface area (Å²) < 4.78 is 25.2. The lowest BCUT2D eigenvalue weighted by atomic mass is 10.2. The number of amides is 1. The first kappa shape index (κ1) is 17.0. The molecule has 0 atom stereocenters. The Morgan fingerprint density at radius 1 is 1.38 bits per heavy atom. The molecule has 0 unspecified atom stereocenters. The number of nitrogens with zero attached hydrogens (tertiary/aromatic N) is 3. The molecule has 0 aliphatic heterocycles. The summed E-state index contributed by atoms with van der Waals surface area (Å²) in [5, 5.41) is 12.0. The zero-order valence-electron chi connectivity index (χ0n) is 13.1. The molecule has 1 N–H and O–H groups in total. The van der Waals surface area contributed by atoms with Gasteiger partial charge in [0, 0.05) is 18.5 Å². The van der Waals surface area contributed by atoms with Gasteiger partial charge in [0.25, 0.3) is 15.9 Å². The molecular weight excluding hydrogens is 352 g/mol. The first-order chi connectivity index (χ1) is 11.4. The molecule has 3 rings (SSSR count). The Morgan fingerprint density at radius 2 is 2.12 bits per heavy atom. The average molecular weight is 368 g/mol. The summed E-state index contributed by atoms with van der Waals surface area (Å²) in [6.45, 7) is 0. The van der Waals surface area contributed by atoms with E-state index in [0.29, 0.717) is 11.0 Å². The zero-order chi connectivity index (χ0) is 17.3. The molecule has 1 aliphatic rings. The Balaban J connectivity index is 1.78. The fraction of sp³-hybridized carbons (Fsp3) is 0.357. The van der Waals surface area contributed by atoms with Crippen LogP contribution in [0.3, 0.4) is 0 Å². The number of hydrogen-bond acceptors (Lipinski definition) is 7. The normalized spacial score (nSPS) is 14.8.